The minimum atomic E-state index is -0.190. The summed E-state index contributed by atoms with van der Waals surface area (Å²) in [5.41, 5.74) is 1.19. The highest BCUT2D eigenvalue weighted by Gasteiger charge is 2.03. The molecule has 0 saturated carbocycles. The maximum absolute atomic E-state index is 11.3. The molecule has 0 spiro atoms. The highest BCUT2D eigenvalue weighted by atomic mass is 16.5. The number of ether oxygens (including phenoxy) is 1. The Bertz CT molecular complexity index is 345. The van der Waals surface area contributed by atoms with E-state index in [1.165, 1.54) is 5.56 Å². The maximum atomic E-state index is 11.3. The largest absolute Gasteiger partial charge is 0.465 e. The number of carbonyl (C=O) groups excluding carboxylic acids is 1. The molecule has 4 heteroatoms. The predicted molar refractivity (Wildman–Crippen MR) is 67.6 cm³/mol. The summed E-state index contributed by atoms with van der Waals surface area (Å²) in [6.07, 6.45) is 3.88. The van der Waals surface area contributed by atoms with Gasteiger partial charge in [-0.3, -0.25) is 4.79 Å². The summed E-state index contributed by atoms with van der Waals surface area (Å²) in [7, 11) is 0. The minimum absolute atomic E-state index is 0.190. The summed E-state index contributed by atoms with van der Waals surface area (Å²) < 4.78 is 6.74. The number of carbonyl (C=O) groups is 1. The highest BCUT2D eigenvalue weighted by Crippen LogP contribution is 2.02. The van der Waals surface area contributed by atoms with Gasteiger partial charge in [0.25, 0.3) is 0 Å². The molecule has 1 aromatic rings. The Kier molecular flexibility index (Phi) is 5.77. The van der Waals surface area contributed by atoms with Gasteiger partial charge in [-0.1, -0.05) is 13.8 Å². The predicted octanol–water partition coefficient (Wildman–Crippen LogP) is 1.80. The van der Waals surface area contributed by atoms with Crippen LogP contribution < -0.4 is 5.32 Å². The molecule has 0 aliphatic heterocycles. The fraction of sp³-hybridized carbons (Fsp3) is 0.615. The first-order valence-corrected chi connectivity index (χ1v) is 6.12. The summed E-state index contributed by atoms with van der Waals surface area (Å²) in [6.45, 7) is 8.74. The van der Waals surface area contributed by atoms with Crippen molar-refractivity contribution < 1.29 is 9.53 Å². The number of hydrogen-bond acceptors (Lipinski definition) is 3. The summed E-state index contributed by atoms with van der Waals surface area (Å²) in [5.74, 6) is 0.460. The first-order chi connectivity index (χ1) is 8.11. The molecule has 0 radical (unpaired) electrons. The van der Waals surface area contributed by atoms with Gasteiger partial charge >= 0.3 is 5.97 Å². The number of rotatable bonds is 7. The van der Waals surface area contributed by atoms with E-state index in [1.807, 2.05) is 30.0 Å². The van der Waals surface area contributed by atoms with Gasteiger partial charge in [-0.15, -0.1) is 0 Å². The monoisotopic (exact) mass is 238 g/mol. The zero-order valence-electron chi connectivity index (χ0n) is 10.9. The van der Waals surface area contributed by atoms with E-state index in [-0.39, 0.29) is 12.5 Å². The van der Waals surface area contributed by atoms with Gasteiger partial charge in [0, 0.05) is 18.9 Å². The lowest BCUT2D eigenvalue weighted by Crippen LogP contribution is -2.18. The summed E-state index contributed by atoms with van der Waals surface area (Å²) in [6, 6.07) is 2.02. The lowest BCUT2D eigenvalue weighted by molar-refractivity contribution is -0.143. The number of hydrogen-bond donors (Lipinski definition) is 1. The van der Waals surface area contributed by atoms with E-state index in [4.69, 9.17) is 4.74 Å². The van der Waals surface area contributed by atoms with Crippen LogP contribution >= 0.6 is 0 Å². The average molecular weight is 238 g/mol. The summed E-state index contributed by atoms with van der Waals surface area (Å²) in [4.78, 5) is 11.3. The lowest BCUT2D eigenvalue weighted by atomic mass is 10.2. The Morgan fingerprint density at radius 1 is 1.53 bits per heavy atom. The Morgan fingerprint density at radius 2 is 2.29 bits per heavy atom. The van der Waals surface area contributed by atoms with Gasteiger partial charge in [-0.25, -0.2) is 0 Å². The number of nitrogens with zero attached hydrogens (tertiary/aromatic N) is 1. The van der Waals surface area contributed by atoms with Crippen molar-refractivity contribution in [3.05, 3.63) is 24.0 Å². The van der Waals surface area contributed by atoms with Crippen molar-refractivity contribution in [1.82, 2.24) is 9.88 Å². The Balaban J connectivity index is 2.34. The van der Waals surface area contributed by atoms with E-state index in [1.54, 1.807) is 0 Å². The third-order valence-electron chi connectivity index (χ3n) is 2.31. The molecule has 1 aromatic heterocycles. The molecule has 0 aliphatic rings. The topological polar surface area (TPSA) is 43.3 Å². The second-order valence-electron chi connectivity index (χ2n) is 4.52. The SMILES string of the molecule is CCOC(=O)Cn1ccc(CNCC(C)C)c1. The second-order valence-corrected chi connectivity index (χ2v) is 4.52. The van der Waals surface area contributed by atoms with E-state index in [0.29, 0.717) is 12.5 Å². The normalized spacial score (nSPS) is 10.8. The molecule has 0 unspecified atom stereocenters. The van der Waals surface area contributed by atoms with E-state index in [9.17, 15) is 4.79 Å². The third kappa shape index (κ3) is 5.54. The first kappa shape index (κ1) is 13.8. The van der Waals surface area contributed by atoms with Crippen molar-refractivity contribution >= 4 is 5.97 Å². The molecular formula is C13H22N2O2. The van der Waals surface area contributed by atoms with Crippen LogP contribution in [0.4, 0.5) is 0 Å². The molecule has 96 valence electrons. The summed E-state index contributed by atoms with van der Waals surface area (Å²) >= 11 is 0. The molecule has 0 saturated heterocycles. The van der Waals surface area contributed by atoms with Crippen molar-refractivity contribution in [2.45, 2.75) is 33.9 Å². The number of esters is 1. The summed E-state index contributed by atoms with van der Waals surface area (Å²) in [5, 5.41) is 3.36. The Hall–Kier alpha value is -1.29. The molecular weight excluding hydrogens is 216 g/mol. The minimum Gasteiger partial charge on any atom is -0.465 e. The van der Waals surface area contributed by atoms with Gasteiger partial charge in [-0.2, -0.15) is 0 Å². The fourth-order valence-electron chi connectivity index (χ4n) is 1.55. The zero-order valence-corrected chi connectivity index (χ0v) is 10.9. The van der Waals surface area contributed by atoms with Gasteiger partial charge in [0.15, 0.2) is 0 Å². The van der Waals surface area contributed by atoms with Crippen LogP contribution in [-0.2, 0) is 22.6 Å². The van der Waals surface area contributed by atoms with Crippen molar-refractivity contribution in [3.63, 3.8) is 0 Å². The van der Waals surface area contributed by atoms with Crippen LogP contribution in [0.15, 0.2) is 18.5 Å². The van der Waals surface area contributed by atoms with Crippen LogP contribution in [0.5, 0.6) is 0 Å². The maximum Gasteiger partial charge on any atom is 0.325 e. The third-order valence-corrected chi connectivity index (χ3v) is 2.31. The van der Waals surface area contributed by atoms with E-state index in [2.05, 4.69) is 19.2 Å². The van der Waals surface area contributed by atoms with Gasteiger partial charge in [0.2, 0.25) is 0 Å². The van der Waals surface area contributed by atoms with Gasteiger partial charge in [-0.05, 0) is 31.0 Å². The van der Waals surface area contributed by atoms with Crippen LogP contribution in [-0.4, -0.2) is 23.7 Å². The second kappa shape index (κ2) is 7.12. The number of aromatic nitrogens is 1. The quantitative estimate of drug-likeness (QED) is 0.737. The van der Waals surface area contributed by atoms with Crippen LogP contribution in [0, 0.1) is 5.92 Å². The Morgan fingerprint density at radius 3 is 2.94 bits per heavy atom. The van der Waals surface area contributed by atoms with Crippen molar-refractivity contribution in [2.24, 2.45) is 5.92 Å². The molecule has 1 N–H and O–H groups in total. The van der Waals surface area contributed by atoms with Crippen molar-refractivity contribution in [2.75, 3.05) is 13.2 Å². The smallest absolute Gasteiger partial charge is 0.325 e. The van der Waals surface area contributed by atoms with E-state index in [0.717, 1.165) is 13.1 Å². The fourth-order valence-corrected chi connectivity index (χ4v) is 1.55. The molecule has 4 nitrogen and oxygen atoms in total. The zero-order chi connectivity index (χ0) is 12.7. The van der Waals surface area contributed by atoms with Gasteiger partial charge < -0.3 is 14.6 Å². The highest BCUT2D eigenvalue weighted by molar-refractivity contribution is 5.69. The van der Waals surface area contributed by atoms with Gasteiger partial charge in [0.05, 0.1) is 6.61 Å². The molecule has 17 heavy (non-hydrogen) atoms. The standard InChI is InChI=1S/C13H22N2O2/c1-4-17-13(16)10-15-6-5-12(9-15)8-14-7-11(2)3/h5-6,9,11,14H,4,7-8,10H2,1-3H3. The van der Waals surface area contributed by atoms with Crippen molar-refractivity contribution in [1.29, 1.82) is 0 Å². The van der Waals surface area contributed by atoms with Crippen LogP contribution in [0.2, 0.25) is 0 Å². The molecule has 0 aromatic carbocycles. The molecule has 1 rings (SSSR count). The Labute approximate surface area is 103 Å². The van der Waals surface area contributed by atoms with Crippen LogP contribution in [0.25, 0.3) is 0 Å². The first-order valence-electron chi connectivity index (χ1n) is 6.12. The molecule has 0 atom stereocenters. The molecule has 0 fully saturated rings. The molecule has 0 aliphatic carbocycles. The molecule has 1 heterocycles. The van der Waals surface area contributed by atoms with E-state index >= 15 is 0 Å². The average Bonchev–Trinajstić information content (AvgIpc) is 2.65. The lowest BCUT2D eigenvalue weighted by Gasteiger charge is -2.05. The van der Waals surface area contributed by atoms with E-state index < -0.39 is 0 Å². The molecule has 0 amide bonds. The van der Waals surface area contributed by atoms with Crippen LogP contribution in [0.3, 0.4) is 0 Å². The van der Waals surface area contributed by atoms with Gasteiger partial charge in [0.1, 0.15) is 6.54 Å². The number of nitrogens with one attached hydrogen (secondary N) is 1. The van der Waals surface area contributed by atoms with Crippen LogP contribution in [0.1, 0.15) is 26.3 Å². The molecule has 0 bridgehead atoms. The van der Waals surface area contributed by atoms with Crippen molar-refractivity contribution in [3.8, 4) is 0 Å².